The molecule has 4 nitrogen and oxygen atoms in total. The predicted octanol–water partition coefficient (Wildman–Crippen LogP) is 0.619. The van der Waals surface area contributed by atoms with Crippen molar-refractivity contribution in [2.75, 3.05) is 18.1 Å². The number of likely N-dealkylation sites (tertiary alicyclic amines) is 1. The molecule has 0 radical (unpaired) electrons. The Balaban J connectivity index is 1.90. The molecule has 90 valence electrons. The van der Waals surface area contributed by atoms with Gasteiger partial charge in [-0.15, -0.1) is 0 Å². The Labute approximate surface area is 100 Å². The van der Waals surface area contributed by atoms with Gasteiger partial charge in [-0.25, -0.2) is 0 Å². The maximum absolute atomic E-state index is 11.9. The average molecular weight is 242 g/mol. The number of hydrogen-bond donors (Lipinski definition) is 1. The summed E-state index contributed by atoms with van der Waals surface area (Å²) in [5, 5.41) is 3.33. The first-order valence-electron chi connectivity index (χ1n) is 5.90. The number of carbonyl (C=O) groups excluding carboxylic acids is 2. The lowest BCUT2D eigenvalue weighted by Crippen LogP contribution is -2.45. The summed E-state index contributed by atoms with van der Waals surface area (Å²) in [6.07, 6.45) is 2.67. The van der Waals surface area contributed by atoms with Crippen LogP contribution in [0.5, 0.6) is 0 Å². The largest absolute Gasteiger partial charge is 0.302 e. The number of thioether (sulfide) groups is 1. The van der Waals surface area contributed by atoms with E-state index in [1.54, 1.807) is 0 Å². The first kappa shape index (κ1) is 11.9. The molecule has 0 spiro atoms. The number of nitrogens with one attached hydrogen (secondary N) is 1. The van der Waals surface area contributed by atoms with E-state index in [0.717, 1.165) is 12.2 Å². The summed E-state index contributed by atoms with van der Waals surface area (Å²) in [5.41, 5.74) is 0. The monoisotopic (exact) mass is 242 g/mol. The summed E-state index contributed by atoms with van der Waals surface area (Å²) in [6, 6.07) is 0.133. The van der Waals surface area contributed by atoms with Crippen LogP contribution in [0.2, 0.25) is 0 Å². The molecule has 2 amide bonds. The maximum Gasteiger partial charge on any atom is 0.246 e. The highest BCUT2D eigenvalue weighted by molar-refractivity contribution is 7.99. The van der Waals surface area contributed by atoms with Gasteiger partial charge in [-0.2, -0.15) is 11.8 Å². The van der Waals surface area contributed by atoms with Crippen LogP contribution in [0.1, 0.15) is 26.2 Å². The van der Waals surface area contributed by atoms with Crippen molar-refractivity contribution >= 4 is 23.6 Å². The number of likely N-dealkylation sites (N-methyl/N-ethyl adjacent to an activating group) is 1. The van der Waals surface area contributed by atoms with Gasteiger partial charge in [0.15, 0.2) is 0 Å². The standard InChI is InChI=1S/C11H18N2O2S/c1-2-13-10(14)6-9(11(13)15)12-8-4-3-5-16-7-8/h8-9,12H,2-7H2,1H3. The minimum Gasteiger partial charge on any atom is -0.302 e. The van der Waals surface area contributed by atoms with Gasteiger partial charge >= 0.3 is 0 Å². The van der Waals surface area contributed by atoms with E-state index >= 15 is 0 Å². The first-order valence-corrected chi connectivity index (χ1v) is 7.06. The van der Waals surface area contributed by atoms with Crippen LogP contribution in [-0.2, 0) is 9.59 Å². The van der Waals surface area contributed by atoms with Crippen LogP contribution in [0, 0.1) is 0 Å². The Hall–Kier alpha value is -0.550. The Morgan fingerprint density at radius 1 is 1.50 bits per heavy atom. The lowest BCUT2D eigenvalue weighted by molar-refractivity contribution is -0.138. The summed E-state index contributed by atoms with van der Waals surface area (Å²) in [5.74, 6) is 2.21. The number of rotatable bonds is 3. The van der Waals surface area contributed by atoms with Gasteiger partial charge in [0.25, 0.3) is 0 Å². The molecule has 2 heterocycles. The van der Waals surface area contributed by atoms with E-state index in [2.05, 4.69) is 5.32 Å². The summed E-state index contributed by atoms with van der Waals surface area (Å²) in [6.45, 7) is 2.34. The molecule has 1 N–H and O–H groups in total. The normalized spacial score (nSPS) is 31.2. The Bertz CT molecular complexity index is 290. The molecule has 0 aliphatic carbocycles. The summed E-state index contributed by atoms with van der Waals surface area (Å²) in [7, 11) is 0. The van der Waals surface area contributed by atoms with E-state index < -0.39 is 0 Å². The molecule has 2 aliphatic heterocycles. The lowest BCUT2D eigenvalue weighted by Gasteiger charge is -2.25. The van der Waals surface area contributed by atoms with Crippen LogP contribution < -0.4 is 5.32 Å². The fraction of sp³-hybridized carbons (Fsp3) is 0.818. The predicted molar refractivity (Wildman–Crippen MR) is 64.3 cm³/mol. The number of carbonyl (C=O) groups is 2. The molecule has 2 unspecified atom stereocenters. The molecule has 2 fully saturated rings. The van der Waals surface area contributed by atoms with E-state index in [9.17, 15) is 9.59 Å². The third-order valence-corrected chi connectivity index (χ3v) is 4.37. The second-order valence-corrected chi connectivity index (χ2v) is 5.46. The number of amides is 2. The first-order chi connectivity index (χ1) is 7.72. The Morgan fingerprint density at radius 2 is 2.31 bits per heavy atom. The second kappa shape index (κ2) is 5.19. The minimum atomic E-state index is -0.267. The molecule has 2 rings (SSSR count). The highest BCUT2D eigenvalue weighted by Gasteiger charge is 2.38. The van der Waals surface area contributed by atoms with Crippen LogP contribution in [0.3, 0.4) is 0 Å². The van der Waals surface area contributed by atoms with Gasteiger partial charge < -0.3 is 5.32 Å². The number of nitrogens with zero attached hydrogens (tertiary/aromatic N) is 1. The molecule has 0 saturated carbocycles. The third kappa shape index (κ3) is 2.40. The van der Waals surface area contributed by atoms with Crippen molar-refractivity contribution in [3.05, 3.63) is 0 Å². The molecule has 0 aromatic heterocycles. The quantitative estimate of drug-likeness (QED) is 0.737. The van der Waals surface area contributed by atoms with Gasteiger partial charge in [0, 0.05) is 18.3 Å². The Kier molecular flexibility index (Phi) is 3.86. The van der Waals surface area contributed by atoms with Gasteiger partial charge in [0.05, 0.1) is 12.5 Å². The van der Waals surface area contributed by atoms with Crippen molar-refractivity contribution in [2.45, 2.75) is 38.3 Å². The van der Waals surface area contributed by atoms with Gasteiger partial charge in [-0.05, 0) is 25.5 Å². The van der Waals surface area contributed by atoms with Gasteiger partial charge in [-0.3, -0.25) is 14.5 Å². The number of hydrogen-bond acceptors (Lipinski definition) is 4. The van der Waals surface area contributed by atoms with Crippen LogP contribution >= 0.6 is 11.8 Å². The van der Waals surface area contributed by atoms with Crippen LogP contribution in [0.15, 0.2) is 0 Å². The highest BCUT2D eigenvalue weighted by Crippen LogP contribution is 2.20. The van der Waals surface area contributed by atoms with Crippen molar-refractivity contribution in [2.24, 2.45) is 0 Å². The molecule has 16 heavy (non-hydrogen) atoms. The van der Waals surface area contributed by atoms with E-state index in [0.29, 0.717) is 19.0 Å². The maximum atomic E-state index is 11.9. The molecule has 0 bridgehead atoms. The summed E-state index contributed by atoms with van der Waals surface area (Å²) in [4.78, 5) is 24.7. The fourth-order valence-electron chi connectivity index (χ4n) is 2.30. The summed E-state index contributed by atoms with van der Waals surface area (Å²) < 4.78 is 0. The number of imide groups is 1. The van der Waals surface area contributed by atoms with Crippen LogP contribution in [0.25, 0.3) is 0 Å². The zero-order valence-corrected chi connectivity index (χ0v) is 10.4. The SMILES string of the molecule is CCN1C(=O)CC(NC2CCCSC2)C1=O. The second-order valence-electron chi connectivity index (χ2n) is 4.31. The Morgan fingerprint density at radius 3 is 2.88 bits per heavy atom. The van der Waals surface area contributed by atoms with Gasteiger partial charge in [0.2, 0.25) is 11.8 Å². The molecule has 0 aromatic carbocycles. The molecular formula is C11H18N2O2S. The molecular weight excluding hydrogens is 224 g/mol. The van der Waals surface area contributed by atoms with Gasteiger partial charge in [0.1, 0.15) is 0 Å². The summed E-state index contributed by atoms with van der Waals surface area (Å²) >= 11 is 1.92. The average Bonchev–Trinajstić information content (AvgIpc) is 2.55. The van der Waals surface area contributed by atoms with E-state index in [1.165, 1.54) is 17.1 Å². The van der Waals surface area contributed by atoms with Crippen molar-refractivity contribution in [1.29, 1.82) is 0 Å². The van der Waals surface area contributed by atoms with Crippen molar-refractivity contribution in [3.8, 4) is 0 Å². The molecule has 0 aromatic rings. The fourth-order valence-corrected chi connectivity index (χ4v) is 3.39. The topological polar surface area (TPSA) is 49.4 Å². The van der Waals surface area contributed by atoms with Gasteiger partial charge in [-0.1, -0.05) is 0 Å². The minimum absolute atomic E-state index is 0.0338. The van der Waals surface area contributed by atoms with E-state index in [-0.39, 0.29) is 17.9 Å². The van der Waals surface area contributed by atoms with E-state index in [1.807, 2.05) is 18.7 Å². The molecule has 2 atom stereocenters. The lowest BCUT2D eigenvalue weighted by atomic mass is 10.1. The third-order valence-electron chi connectivity index (χ3n) is 3.16. The van der Waals surface area contributed by atoms with Crippen molar-refractivity contribution in [3.63, 3.8) is 0 Å². The molecule has 2 aliphatic rings. The zero-order valence-electron chi connectivity index (χ0n) is 9.57. The highest BCUT2D eigenvalue weighted by atomic mass is 32.2. The van der Waals surface area contributed by atoms with Crippen molar-refractivity contribution in [1.82, 2.24) is 10.2 Å². The van der Waals surface area contributed by atoms with Crippen LogP contribution in [0.4, 0.5) is 0 Å². The molecule has 2 saturated heterocycles. The smallest absolute Gasteiger partial charge is 0.246 e. The van der Waals surface area contributed by atoms with Crippen molar-refractivity contribution < 1.29 is 9.59 Å². The van der Waals surface area contributed by atoms with Crippen LogP contribution in [-0.4, -0.2) is 46.8 Å². The zero-order chi connectivity index (χ0) is 11.5. The molecule has 5 heteroatoms. The van der Waals surface area contributed by atoms with E-state index in [4.69, 9.17) is 0 Å².